The first kappa shape index (κ1) is 17.2. The smallest absolute Gasteiger partial charge is 0.0803 e. The molecule has 114 valence electrons. The molecule has 2 nitrogen and oxygen atoms in total. The first-order chi connectivity index (χ1) is 9.26. The maximum atomic E-state index is 5.73. The van der Waals surface area contributed by atoms with Crippen molar-refractivity contribution < 1.29 is 4.74 Å². The number of nitrogens with one attached hydrogen (secondary N) is 1. The second-order valence-electron chi connectivity index (χ2n) is 6.86. The van der Waals surface area contributed by atoms with E-state index in [2.05, 4.69) is 64.2 Å². The Morgan fingerprint density at radius 3 is 2.00 bits per heavy atom. The van der Waals surface area contributed by atoms with Gasteiger partial charge in [0.15, 0.2) is 0 Å². The monoisotopic (exact) mass is 277 g/mol. The summed E-state index contributed by atoms with van der Waals surface area (Å²) in [6, 6.07) is 9.31. The van der Waals surface area contributed by atoms with E-state index in [4.69, 9.17) is 4.74 Å². The van der Waals surface area contributed by atoms with Gasteiger partial charge < -0.3 is 10.1 Å². The van der Waals surface area contributed by atoms with Gasteiger partial charge in [-0.25, -0.2) is 0 Å². The third-order valence-electron chi connectivity index (χ3n) is 4.51. The Kier molecular flexibility index (Phi) is 5.79. The van der Waals surface area contributed by atoms with Gasteiger partial charge in [0.1, 0.15) is 0 Å². The maximum Gasteiger partial charge on any atom is 0.0803 e. The highest BCUT2D eigenvalue weighted by Crippen LogP contribution is 2.25. The largest absolute Gasteiger partial charge is 0.377 e. The molecule has 2 unspecified atom stereocenters. The fourth-order valence-corrected chi connectivity index (χ4v) is 2.53. The van der Waals surface area contributed by atoms with Crippen molar-refractivity contribution in [3.8, 4) is 0 Å². The zero-order chi connectivity index (χ0) is 15.4. The van der Waals surface area contributed by atoms with Crippen LogP contribution in [-0.2, 0) is 16.6 Å². The SMILES string of the molecule is CCC(C)(OC)C(Cc1ccc(C(C)(C)C)cc1)NC. The molecule has 0 amide bonds. The molecule has 0 aliphatic heterocycles. The highest BCUT2D eigenvalue weighted by molar-refractivity contribution is 5.28. The molecule has 0 saturated carbocycles. The minimum atomic E-state index is -0.128. The normalized spacial score (nSPS) is 16.8. The van der Waals surface area contributed by atoms with Gasteiger partial charge in [-0.3, -0.25) is 0 Å². The van der Waals surface area contributed by atoms with Gasteiger partial charge in [-0.05, 0) is 43.4 Å². The van der Waals surface area contributed by atoms with Crippen LogP contribution in [0.2, 0.25) is 0 Å². The number of hydrogen-bond acceptors (Lipinski definition) is 2. The molecule has 0 heterocycles. The predicted octanol–water partition coefficient (Wildman–Crippen LogP) is 3.93. The third-order valence-corrected chi connectivity index (χ3v) is 4.51. The Labute approximate surface area is 124 Å². The van der Waals surface area contributed by atoms with Crippen LogP contribution < -0.4 is 5.32 Å². The standard InChI is InChI=1S/C18H31NO/c1-8-18(5,20-7)16(19-6)13-14-9-11-15(12-10-14)17(2,3)4/h9-12,16,19H,8,13H2,1-7H3. The number of benzene rings is 1. The summed E-state index contributed by atoms with van der Waals surface area (Å²) in [5, 5.41) is 3.41. The lowest BCUT2D eigenvalue weighted by Crippen LogP contribution is -2.49. The topological polar surface area (TPSA) is 21.3 Å². The van der Waals surface area contributed by atoms with Gasteiger partial charge in [0, 0.05) is 13.2 Å². The molecule has 20 heavy (non-hydrogen) atoms. The summed E-state index contributed by atoms with van der Waals surface area (Å²) in [7, 11) is 3.82. The Bertz CT molecular complexity index is 398. The molecule has 0 aliphatic rings. The molecule has 0 aliphatic carbocycles. The number of methoxy groups -OCH3 is 1. The van der Waals surface area contributed by atoms with E-state index >= 15 is 0 Å². The maximum absolute atomic E-state index is 5.73. The third kappa shape index (κ3) is 4.07. The van der Waals surface area contributed by atoms with Gasteiger partial charge in [0.05, 0.1) is 5.60 Å². The van der Waals surface area contributed by atoms with Crippen molar-refractivity contribution in [1.29, 1.82) is 0 Å². The van der Waals surface area contributed by atoms with Gasteiger partial charge in [-0.15, -0.1) is 0 Å². The Hall–Kier alpha value is -0.860. The number of likely N-dealkylation sites (N-methyl/N-ethyl adjacent to an activating group) is 1. The fraction of sp³-hybridized carbons (Fsp3) is 0.667. The summed E-state index contributed by atoms with van der Waals surface area (Å²) in [5.41, 5.74) is 2.82. The molecule has 0 bridgehead atoms. The predicted molar refractivity (Wildman–Crippen MR) is 87.4 cm³/mol. The Morgan fingerprint density at radius 2 is 1.65 bits per heavy atom. The van der Waals surface area contributed by atoms with Crippen molar-refractivity contribution in [1.82, 2.24) is 5.32 Å². The van der Waals surface area contributed by atoms with Gasteiger partial charge in [0.25, 0.3) is 0 Å². The lowest BCUT2D eigenvalue weighted by atomic mass is 9.85. The molecule has 0 fully saturated rings. The van der Waals surface area contributed by atoms with E-state index in [0.717, 1.165) is 12.8 Å². The molecule has 1 rings (SSSR count). The van der Waals surface area contributed by atoms with Crippen LogP contribution in [0.15, 0.2) is 24.3 Å². The summed E-state index contributed by atoms with van der Waals surface area (Å²) in [6.45, 7) is 11.1. The van der Waals surface area contributed by atoms with E-state index in [-0.39, 0.29) is 11.0 Å². The lowest BCUT2D eigenvalue weighted by Gasteiger charge is -2.36. The van der Waals surface area contributed by atoms with E-state index in [1.165, 1.54) is 11.1 Å². The summed E-state index contributed by atoms with van der Waals surface area (Å²) in [4.78, 5) is 0. The van der Waals surface area contributed by atoms with Gasteiger partial charge in [-0.2, -0.15) is 0 Å². The Balaban J connectivity index is 2.86. The van der Waals surface area contributed by atoms with E-state index in [9.17, 15) is 0 Å². The molecular formula is C18H31NO. The molecule has 2 atom stereocenters. The number of rotatable bonds is 6. The van der Waals surface area contributed by atoms with Crippen molar-refractivity contribution >= 4 is 0 Å². The van der Waals surface area contributed by atoms with Crippen molar-refractivity contribution in [2.75, 3.05) is 14.2 Å². The molecule has 0 radical (unpaired) electrons. The molecular weight excluding hydrogens is 246 g/mol. The van der Waals surface area contributed by atoms with E-state index < -0.39 is 0 Å². The lowest BCUT2D eigenvalue weighted by molar-refractivity contribution is -0.0268. The first-order valence-electron chi connectivity index (χ1n) is 7.58. The zero-order valence-electron chi connectivity index (χ0n) is 14.2. The highest BCUT2D eigenvalue weighted by atomic mass is 16.5. The van der Waals surface area contributed by atoms with Crippen LogP contribution in [0.5, 0.6) is 0 Å². The Morgan fingerprint density at radius 1 is 1.10 bits per heavy atom. The minimum absolute atomic E-state index is 0.128. The molecule has 2 heteroatoms. The van der Waals surface area contributed by atoms with Crippen LogP contribution >= 0.6 is 0 Å². The summed E-state index contributed by atoms with van der Waals surface area (Å²) in [6.07, 6.45) is 1.98. The van der Waals surface area contributed by atoms with E-state index in [1.807, 2.05) is 7.05 Å². The summed E-state index contributed by atoms with van der Waals surface area (Å²) in [5.74, 6) is 0. The van der Waals surface area contributed by atoms with Gasteiger partial charge in [0.2, 0.25) is 0 Å². The molecule has 1 aromatic carbocycles. The van der Waals surface area contributed by atoms with E-state index in [0.29, 0.717) is 6.04 Å². The van der Waals surface area contributed by atoms with E-state index in [1.54, 1.807) is 7.11 Å². The second-order valence-corrected chi connectivity index (χ2v) is 6.86. The molecule has 0 spiro atoms. The zero-order valence-corrected chi connectivity index (χ0v) is 14.2. The van der Waals surface area contributed by atoms with Crippen molar-refractivity contribution in [3.05, 3.63) is 35.4 Å². The summed E-state index contributed by atoms with van der Waals surface area (Å²) < 4.78 is 5.73. The number of hydrogen-bond donors (Lipinski definition) is 1. The molecule has 1 aromatic rings. The highest BCUT2D eigenvalue weighted by Gasteiger charge is 2.31. The fourth-order valence-electron chi connectivity index (χ4n) is 2.53. The van der Waals surface area contributed by atoms with Crippen molar-refractivity contribution in [3.63, 3.8) is 0 Å². The quantitative estimate of drug-likeness (QED) is 0.850. The van der Waals surface area contributed by atoms with Crippen LogP contribution in [0.3, 0.4) is 0 Å². The van der Waals surface area contributed by atoms with Crippen LogP contribution in [0, 0.1) is 0 Å². The van der Waals surface area contributed by atoms with Gasteiger partial charge >= 0.3 is 0 Å². The molecule has 0 saturated heterocycles. The molecule has 0 aromatic heterocycles. The summed E-state index contributed by atoms with van der Waals surface area (Å²) >= 11 is 0. The first-order valence-corrected chi connectivity index (χ1v) is 7.58. The average molecular weight is 277 g/mol. The number of ether oxygens (including phenoxy) is 1. The molecule has 1 N–H and O–H groups in total. The van der Waals surface area contributed by atoms with Gasteiger partial charge in [-0.1, -0.05) is 52.0 Å². The average Bonchev–Trinajstić information content (AvgIpc) is 2.43. The van der Waals surface area contributed by atoms with Crippen LogP contribution in [0.1, 0.15) is 52.2 Å². The van der Waals surface area contributed by atoms with Crippen molar-refractivity contribution in [2.45, 2.75) is 64.5 Å². The minimum Gasteiger partial charge on any atom is -0.377 e. The van der Waals surface area contributed by atoms with Crippen LogP contribution in [-0.4, -0.2) is 25.8 Å². The second kappa shape index (κ2) is 6.73. The van der Waals surface area contributed by atoms with Crippen molar-refractivity contribution in [2.24, 2.45) is 0 Å². The van der Waals surface area contributed by atoms with Crippen LogP contribution in [0.25, 0.3) is 0 Å². The van der Waals surface area contributed by atoms with Crippen LogP contribution in [0.4, 0.5) is 0 Å².